The van der Waals surface area contributed by atoms with Crippen molar-refractivity contribution in [1.29, 1.82) is 0 Å². The summed E-state index contributed by atoms with van der Waals surface area (Å²) in [6, 6.07) is 0. The Labute approximate surface area is 110 Å². The van der Waals surface area contributed by atoms with Gasteiger partial charge in [0.05, 0.1) is 6.61 Å². The molecule has 1 saturated heterocycles. The molecule has 104 valence electrons. The van der Waals surface area contributed by atoms with Gasteiger partial charge in [0.15, 0.2) is 0 Å². The van der Waals surface area contributed by atoms with Crippen LogP contribution >= 0.6 is 0 Å². The fourth-order valence-corrected chi connectivity index (χ4v) is 2.46. The summed E-state index contributed by atoms with van der Waals surface area (Å²) in [4.78, 5) is 13.9. The second-order valence-electron chi connectivity index (χ2n) is 5.49. The van der Waals surface area contributed by atoms with E-state index < -0.39 is 0 Å². The van der Waals surface area contributed by atoms with Crippen LogP contribution in [-0.4, -0.2) is 49.3 Å². The first-order chi connectivity index (χ1) is 8.53. The third kappa shape index (κ3) is 4.10. The van der Waals surface area contributed by atoms with Crippen LogP contribution < -0.4 is 0 Å². The fraction of sp³-hybridized carbons (Fsp3) is 0.786. The molecule has 4 nitrogen and oxygen atoms in total. The molecule has 1 heterocycles. The normalized spacial score (nSPS) is 23.9. The van der Waals surface area contributed by atoms with Crippen LogP contribution in [0.1, 0.15) is 33.1 Å². The first-order valence-corrected chi connectivity index (χ1v) is 6.56. The van der Waals surface area contributed by atoms with E-state index in [-0.39, 0.29) is 17.9 Å². The van der Waals surface area contributed by atoms with E-state index >= 15 is 0 Å². The Balaban J connectivity index is 2.68. The molecular formula is C14H25NO3. The Morgan fingerprint density at radius 1 is 1.50 bits per heavy atom. The topological polar surface area (TPSA) is 49.8 Å². The molecule has 1 aliphatic rings. The van der Waals surface area contributed by atoms with Crippen molar-refractivity contribution in [3.8, 4) is 0 Å². The number of aliphatic hydroxyl groups excluding tert-OH is 1. The first kappa shape index (κ1) is 15.2. The highest BCUT2D eigenvalue weighted by molar-refractivity contribution is 5.88. The van der Waals surface area contributed by atoms with Crippen molar-refractivity contribution in [3.05, 3.63) is 11.6 Å². The zero-order chi connectivity index (χ0) is 13.6. The first-order valence-electron chi connectivity index (χ1n) is 6.56. The molecule has 0 aromatic carbocycles. The SMILES string of the molecule is COCCC1(CO)CCCN(C(=O)C=C(C)C)C1. The lowest BCUT2D eigenvalue weighted by atomic mass is 9.78. The molecule has 1 unspecified atom stereocenters. The number of nitrogens with zero attached hydrogens (tertiary/aromatic N) is 1. The molecule has 0 radical (unpaired) electrons. The van der Waals surface area contributed by atoms with Gasteiger partial charge in [0.1, 0.15) is 0 Å². The summed E-state index contributed by atoms with van der Waals surface area (Å²) >= 11 is 0. The van der Waals surface area contributed by atoms with Gasteiger partial charge < -0.3 is 14.7 Å². The molecule has 1 N–H and O–H groups in total. The Morgan fingerprint density at radius 3 is 2.78 bits per heavy atom. The number of carbonyl (C=O) groups excluding carboxylic acids is 1. The number of rotatable bonds is 5. The molecular weight excluding hydrogens is 230 g/mol. The molecule has 0 bridgehead atoms. The van der Waals surface area contributed by atoms with E-state index in [1.807, 2.05) is 18.7 Å². The summed E-state index contributed by atoms with van der Waals surface area (Å²) in [7, 11) is 1.67. The standard InChI is InChI=1S/C14H25NO3/c1-12(2)9-13(17)15-7-4-5-14(10-15,11-16)6-8-18-3/h9,16H,4-8,10-11H2,1-3H3. The number of likely N-dealkylation sites (tertiary alicyclic amines) is 1. The molecule has 1 atom stereocenters. The molecule has 4 heteroatoms. The van der Waals surface area contributed by atoms with Crippen LogP contribution in [0.3, 0.4) is 0 Å². The Hall–Kier alpha value is -0.870. The van der Waals surface area contributed by atoms with Crippen LogP contribution in [0.25, 0.3) is 0 Å². The summed E-state index contributed by atoms with van der Waals surface area (Å²) in [6.07, 6.45) is 4.39. The van der Waals surface area contributed by atoms with Gasteiger partial charge in [-0.2, -0.15) is 0 Å². The molecule has 1 amide bonds. The van der Waals surface area contributed by atoms with Gasteiger partial charge in [0.25, 0.3) is 0 Å². The molecule has 0 aromatic rings. The third-order valence-electron chi connectivity index (χ3n) is 3.56. The van der Waals surface area contributed by atoms with Crippen LogP contribution in [0.5, 0.6) is 0 Å². The second-order valence-corrected chi connectivity index (χ2v) is 5.49. The number of piperidine rings is 1. The summed E-state index contributed by atoms with van der Waals surface area (Å²) in [5, 5.41) is 9.64. The second kappa shape index (κ2) is 6.90. The molecule has 18 heavy (non-hydrogen) atoms. The van der Waals surface area contributed by atoms with Crippen molar-refractivity contribution in [2.75, 3.05) is 33.4 Å². The highest BCUT2D eigenvalue weighted by atomic mass is 16.5. The molecule has 1 aliphatic heterocycles. The lowest BCUT2D eigenvalue weighted by Crippen LogP contribution is -2.48. The monoisotopic (exact) mass is 255 g/mol. The average Bonchev–Trinajstić information content (AvgIpc) is 2.36. The number of allylic oxidation sites excluding steroid dienone is 1. The maximum absolute atomic E-state index is 12.0. The van der Waals surface area contributed by atoms with E-state index in [9.17, 15) is 9.90 Å². The van der Waals surface area contributed by atoms with E-state index in [1.165, 1.54) is 0 Å². The third-order valence-corrected chi connectivity index (χ3v) is 3.56. The van der Waals surface area contributed by atoms with Gasteiger partial charge in [-0.1, -0.05) is 5.57 Å². The lowest BCUT2D eigenvalue weighted by Gasteiger charge is -2.41. The van der Waals surface area contributed by atoms with Gasteiger partial charge in [-0.3, -0.25) is 4.79 Å². The summed E-state index contributed by atoms with van der Waals surface area (Å²) < 4.78 is 5.11. The Morgan fingerprint density at radius 2 is 2.22 bits per heavy atom. The minimum Gasteiger partial charge on any atom is -0.396 e. The predicted octanol–water partition coefficient (Wildman–Crippen LogP) is 1.59. The highest BCUT2D eigenvalue weighted by Crippen LogP contribution is 2.33. The largest absolute Gasteiger partial charge is 0.396 e. The zero-order valence-corrected chi connectivity index (χ0v) is 11.7. The molecule has 1 fully saturated rings. The summed E-state index contributed by atoms with van der Waals surface area (Å²) in [5.74, 6) is 0.0601. The molecule has 0 aliphatic carbocycles. The molecule has 1 rings (SSSR count). The number of hydrogen-bond acceptors (Lipinski definition) is 3. The van der Waals surface area contributed by atoms with E-state index in [0.717, 1.165) is 31.4 Å². The quantitative estimate of drug-likeness (QED) is 0.759. The van der Waals surface area contributed by atoms with Crippen LogP contribution in [0.4, 0.5) is 0 Å². The van der Waals surface area contributed by atoms with Crippen molar-refractivity contribution >= 4 is 5.91 Å². The van der Waals surface area contributed by atoms with E-state index in [2.05, 4.69) is 0 Å². The highest BCUT2D eigenvalue weighted by Gasteiger charge is 2.35. The van der Waals surface area contributed by atoms with E-state index in [4.69, 9.17) is 4.74 Å². The minimum absolute atomic E-state index is 0.0601. The lowest BCUT2D eigenvalue weighted by molar-refractivity contribution is -0.130. The van der Waals surface area contributed by atoms with E-state index in [0.29, 0.717) is 13.2 Å². The predicted molar refractivity (Wildman–Crippen MR) is 71.3 cm³/mol. The van der Waals surface area contributed by atoms with Crippen molar-refractivity contribution < 1.29 is 14.6 Å². The van der Waals surface area contributed by atoms with Gasteiger partial charge in [0, 0.05) is 38.3 Å². The number of methoxy groups -OCH3 is 1. The molecule has 0 aromatic heterocycles. The number of ether oxygens (including phenoxy) is 1. The van der Waals surface area contributed by atoms with Crippen molar-refractivity contribution in [3.63, 3.8) is 0 Å². The zero-order valence-electron chi connectivity index (χ0n) is 11.7. The minimum atomic E-state index is -0.181. The number of carbonyl (C=O) groups is 1. The van der Waals surface area contributed by atoms with Crippen molar-refractivity contribution in [2.45, 2.75) is 33.1 Å². The van der Waals surface area contributed by atoms with Crippen LogP contribution in [0.15, 0.2) is 11.6 Å². The van der Waals surface area contributed by atoms with Crippen molar-refractivity contribution in [2.24, 2.45) is 5.41 Å². The fourth-order valence-electron chi connectivity index (χ4n) is 2.46. The van der Waals surface area contributed by atoms with Gasteiger partial charge in [-0.05, 0) is 33.1 Å². The van der Waals surface area contributed by atoms with Crippen molar-refractivity contribution in [1.82, 2.24) is 4.90 Å². The summed E-state index contributed by atoms with van der Waals surface area (Å²) in [6.45, 7) is 6.02. The number of aliphatic hydroxyl groups is 1. The Bertz CT molecular complexity index is 310. The van der Waals surface area contributed by atoms with Gasteiger partial charge in [-0.25, -0.2) is 0 Å². The summed E-state index contributed by atoms with van der Waals surface area (Å²) in [5.41, 5.74) is 0.830. The van der Waals surface area contributed by atoms with Gasteiger partial charge in [0.2, 0.25) is 5.91 Å². The number of amides is 1. The van der Waals surface area contributed by atoms with Gasteiger partial charge in [-0.15, -0.1) is 0 Å². The van der Waals surface area contributed by atoms with E-state index in [1.54, 1.807) is 13.2 Å². The maximum Gasteiger partial charge on any atom is 0.246 e. The van der Waals surface area contributed by atoms with Crippen LogP contribution in [-0.2, 0) is 9.53 Å². The smallest absolute Gasteiger partial charge is 0.246 e. The van der Waals surface area contributed by atoms with Crippen LogP contribution in [0.2, 0.25) is 0 Å². The Kier molecular flexibility index (Phi) is 5.82. The van der Waals surface area contributed by atoms with Gasteiger partial charge >= 0.3 is 0 Å². The maximum atomic E-state index is 12.0. The van der Waals surface area contributed by atoms with Crippen LogP contribution in [0, 0.1) is 5.41 Å². The molecule has 0 spiro atoms. The molecule has 0 saturated carbocycles. The average molecular weight is 255 g/mol. The number of hydrogen-bond donors (Lipinski definition) is 1.